The summed E-state index contributed by atoms with van der Waals surface area (Å²) in [7, 11) is 0. The Balaban J connectivity index is 1.52. The zero-order valence-electron chi connectivity index (χ0n) is 21.2. The predicted molar refractivity (Wildman–Crippen MR) is 143 cm³/mol. The van der Waals surface area contributed by atoms with E-state index in [1.807, 2.05) is 31.2 Å². The second-order valence-corrected chi connectivity index (χ2v) is 9.75. The van der Waals surface area contributed by atoms with Crippen LogP contribution in [-0.2, 0) is 9.59 Å². The van der Waals surface area contributed by atoms with Crippen LogP contribution in [0.2, 0.25) is 0 Å². The van der Waals surface area contributed by atoms with Crippen LogP contribution in [0.1, 0.15) is 50.5 Å². The number of furan rings is 1. The number of aliphatic hydroxyl groups is 1. The van der Waals surface area contributed by atoms with Gasteiger partial charge in [-0.2, -0.15) is 0 Å². The summed E-state index contributed by atoms with van der Waals surface area (Å²) in [6, 6.07) is 17.1. The molecule has 3 aromatic rings. The lowest BCUT2D eigenvalue weighted by atomic mass is 9.98. The first-order chi connectivity index (χ1) is 18.0. The van der Waals surface area contributed by atoms with E-state index in [9.17, 15) is 14.7 Å². The molecule has 0 aliphatic carbocycles. The zero-order chi connectivity index (χ0) is 25.9. The number of anilines is 2. The molecule has 37 heavy (non-hydrogen) atoms. The summed E-state index contributed by atoms with van der Waals surface area (Å²) >= 11 is 0. The molecule has 1 aromatic heterocycles. The summed E-state index contributed by atoms with van der Waals surface area (Å²) in [4.78, 5) is 30.4. The van der Waals surface area contributed by atoms with E-state index in [2.05, 4.69) is 11.8 Å². The molecule has 0 radical (unpaired) electrons. The Morgan fingerprint density at radius 1 is 1.03 bits per heavy atom. The van der Waals surface area contributed by atoms with Crippen LogP contribution in [0.3, 0.4) is 0 Å². The monoisotopic (exact) mass is 500 g/mol. The first kappa shape index (κ1) is 24.7. The van der Waals surface area contributed by atoms with Crippen LogP contribution in [0.15, 0.2) is 76.9 Å². The number of rotatable bonds is 7. The van der Waals surface area contributed by atoms with Gasteiger partial charge in [-0.1, -0.05) is 26.0 Å². The highest BCUT2D eigenvalue weighted by atomic mass is 16.5. The van der Waals surface area contributed by atoms with E-state index < -0.39 is 17.7 Å². The molecule has 7 heteroatoms. The molecule has 0 bridgehead atoms. The number of ether oxygens (including phenoxy) is 1. The maximum Gasteiger partial charge on any atom is 0.300 e. The minimum Gasteiger partial charge on any atom is -0.507 e. The first-order valence-electron chi connectivity index (χ1n) is 12.9. The Labute approximate surface area is 216 Å². The summed E-state index contributed by atoms with van der Waals surface area (Å²) < 4.78 is 11.4. The van der Waals surface area contributed by atoms with E-state index in [4.69, 9.17) is 9.15 Å². The molecule has 2 saturated heterocycles. The molecule has 2 aliphatic heterocycles. The fraction of sp³-hybridized carbons (Fsp3) is 0.333. The third-order valence-electron chi connectivity index (χ3n) is 7.11. The molecule has 192 valence electrons. The van der Waals surface area contributed by atoms with Crippen molar-refractivity contribution in [2.75, 3.05) is 29.5 Å². The van der Waals surface area contributed by atoms with Gasteiger partial charge >= 0.3 is 0 Å². The molecule has 2 aliphatic rings. The number of nitrogens with zero attached hydrogens (tertiary/aromatic N) is 2. The van der Waals surface area contributed by atoms with Gasteiger partial charge in [0.2, 0.25) is 0 Å². The van der Waals surface area contributed by atoms with Crippen LogP contribution in [0.5, 0.6) is 5.75 Å². The van der Waals surface area contributed by atoms with Crippen LogP contribution in [0, 0.1) is 5.92 Å². The van der Waals surface area contributed by atoms with E-state index >= 15 is 0 Å². The summed E-state index contributed by atoms with van der Waals surface area (Å²) in [5.74, 6) is -0.0165. The zero-order valence-corrected chi connectivity index (χ0v) is 21.2. The molecule has 1 amide bonds. The SMILES string of the molecule is CCCOc1cccc(/C(O)=C2/C(=O)C(=O)N(c3ccc(N4CCC(C)CC4)cc3)C2c2ccco2)c1. The number of piperidine rings is 1. The lowest BCUT2D eigenvalue weighted by Gasteiger charge is -2.32. The number of hydrogen-bond acceptors (Lipinski definition) is 6. The average molecular weight is 501 g/mol. The third-order valence-corrected chi connectivity index (χ3v) is 7.11. The van der Waals surface area contributed by atoms with Crippen LogP contribution in [-0.4, -0.2) is 36.5 Å². The van der Waals surface area contributed by atoms with Crippen molar-refractivity contribution < 1.29 is 23.8 Å². The van der Waals surface area contributed by atoms with Crippen LogP contribution >= 0.6 is 0 Å². The van der Waals surface area contributed by atoms with Gasteiger partial charge in [-0.05, 0) is 73.7 Å². The van der Waals surface area contributed by atoms with Crippen molar-refractivity contribution in [3.63, 3.8) is 0 Å². The number of amides is 1. The molecule has 0 saturated carbocycles. The minimum absolute atomic E-state index is 0.0123. The normalized spacial score (nSPS) is 20.0. The summed E-state index contributed by atoms with van der Waals surface area (Å²) in [6.45, 7) is 6.82. The Bertz CT molecular complexity index is 1290. The van der Waals surface area contributed by atoms with E-state index in [0.29, 0.717) is 29.4 Å². The highest BCUT2D eigenvalue weighted by Gasteiger charge is 2.48. The van der Waals surface area contributed by atoms with Gasteiger partial charge in [0.15, 0.2) is 0 Å². The van der Waals surface area contributed by atoms with Crippen molar-refractivity contribution in [1.82, 2.24) is 0 Å². The van der Waals surface area contributed by atoms with Gasteiger partial charge in [-0.3, -0.25) is 14.5 Å². The minimum atomic E-state index is -0.892. The second kappa shape index (κ2) is 10.5. The molecule has 1 unspecified atom stereocenters. The topological polar surface area (TPSA) is 83.2 Å². The van der Waals surface area contributed by atoms with Crippen molar-refractivity contribution >= 4 is 28.8 Å². The number of aliphatic hydroxyl groups excluding tert-OH is 1. The average Bonchev–Trinajstić information content (AvgIpc) is 3.54. The molecule has 2 aromatic carbocycles. The second-order valence-electron chi connectivity index (χ2n) is 9.75. The standard InChI is InChI=1S/C30H32N2O5/c1-3-17-36-24-7-4-6-21(19-24)28(33)26-27(25-8-5-18-37-25)32(30(35)29(26)34)23-11-9-22(10-12-23)31-15-13-20(2)14-16-31/h4-12,18-20,27,33H,3,13-17H2,1-2H3/b28-26-. The van der Waals surface area contributed by atoms with E-state index in [0.717, 1.165) is 44.0 Å². The number of carbonyl (C=O) groups is 2. The number of benzene rings is 2. The Kier molecular flexibility index (Phi) is 7.04. The van der Waals surface area contributed by atoms with Crippen molar-refractivity contribution in [3.05, 3.63) is 83.8 Å². The Hall–Kier alpha value is -4.00. The van der Waals surface area contributed by atoms with Crippen molar-refractivity contribution in [2.45, 2.75) is 39.2 Å². The van der Waals surface area contributed by atoms with Gasteiger partial charge in [0.1, 0.15) is 23.3 Å². The highest BCUT2D eigenvalue weighted by Crippen LogP contribution is 2.43. The fourth-order valence-corrected chi connectivity index (χ4v) is 5.01. The van der Waals surface area contributed by atoms with Gasteiger partial charge in [-0.25, -0.2) is 0 Å². The highest BCUT2D eigenvalue weighted by molar-refractivity contribution is 6.51. The lowest BCUT2D eigenvalue weighted by molar-refractivity contribution is -0.132. The van der Waals surface area contributed by atoms with Crippen LogP contribution in [0.4, 0.5) is 11.4 Å². The number of hydrogen-bond donors (Lipinski definition) is 1. The lowest BCUT2D eigenvalue weighted by Crippen LogP contribution is -2.33. The molecule has 0 spiro atoms. The van der Waals surface area contributed by atoms with Gasteiger partial charge in [0.25, 0.3) is 11.7 Å². The number of Topliss-reactive ketones (excluding diaryl/α,β-unsaturated/α-hetero) is 1. The molecule has 1 N–H and O–H groups in total. The molecular formula is C30H32N2O5. The fourth-order valence-electron chi connectivity index (χ4n) is 5.01. The largest absolute Gasteiger partial charge is 0.507 e. The van der Waals surface area contributed by atoms with Crippen molar-refractivity contribution in [1.29, 1.82) is 0 Å². The molecule has 2 fully saturated rings. The van der Waals surface area contributed by atoms with E-state index in [1.165, 1.54) is 11.2 Å². The Morgan fingerprint density at radius 3 is 2.43 bits per heavy atom. The van der Waals surface area contributed by atoms with Gasteiger partial charge in [0.05, 0.1) is 18.4 Å². The summed E-state index contributed by atoms with van der Waals surface area (Å²) in [6.07, 6.45) is 4.64. The van der Waals surface area contributed by atoms with Crippen LogP contribution < -0.4 is 14.5 Å². The molecule has 1 atom stereocenters. The summed E-state index contributed by atoms with van der Waals surface area (Å²) in [5.41, 5.74) is 2.04. The third kappa shape index (κ3) is 4.86. The quantitative estimate of drug-likeness (QED) is 0.246. The van der Waals surface area contributed by atoms with Crippen molar-refractivity contribution in [3.8, 4) is 5.75 Å². The van der Waals surface area contributed by atoms with Gasteiger partial charge in [-0.15, -0.1) is 0 Å². The maximum absolute atomic E-state index is 13.3. The van der Waals surface area contributed by atoms with Gasteiger partial charge in [0, 0.05) is 30.0 Å². The molecule has 5 rings (SSSR count). The number of ketones is 1. The van der Waals surface area contributed by atoms with Crippen LogP contribution in [0.25, 0.3) is 5.76 Å². The maximum atomic E-state index is 13.3. The van der Waals surface area contributed by atoms with E-state index in [-0.39, 0.29) is 11.3 Å². The number of carbonyl (C=O) groups excluding carboxylic acids is 2. The predicted octanol–water partition coefficient (Wildman–Crippen LogP) is 5.93. The molecule has 7 nitrogen and oxygen atoms in total. The van der Waals surface area contributed by atoms with Gasteiger partial charge < -0.3 is 19.2 Å². The Morgan fingerprint density at radius 2 is 1.76 bits per heavy atom. The smallest absolute Gasteiger partial charge is 0.300 e. The summed E-state index contributed by atoms with van der Waals surface area (Å²) in [5, 5.41) is 11.3. The molecular weight excluding hydrogens is 468 g/mol. The van der Waals surface area contributed by atoms with Crippen molar-refractivity contribution in [2.24, 2.45) is 5.92 Å². The molecule has 3 heterocycles. The first-order valence-corrected chi connectivity index (χ1v) is 12.9. The van der Waals surface area contributed by atoms with E-state index in [1.54, 1.807) is 36.4 Å².